The molecule has 3 N–H and O–H groups in total. The molecule has 0 bridgehead atoms. The van der Waals surface area contributed by atoms with E-state index in [9.17, 15) is 9.59 Å². The first kappa shape index (κ1) is 12.0. The van der Waals surface area contributed by atoms with Crippen molar-refractivity contribution < 1.29 is 14.7 Å². The molecule has 6 nitrogen and oxygen atoms in total. The minimum Gasteiger partial charge on any atom is -0.477 e. The second-order valence-electron chi connectivity index (χ2n) is 3.12. The lowest BCUT2D eigenvalue weighted by Gasteiger charge is -2.05. The van der Waals surface area contributed by atoms with Gasteiger partial charge in [0.1, 0.15) is 5.69 Å². The van der Waals surface area contributed by atoms with Gasteiger partial charge in [-0.2, -0.15) is 0 Å². The van der Waals surface area contributed by atoms with Crippen molar-refractivity contribution in [1.29, 1.82) is 0 Å². The van der Waals surface area contributed by atoms with Gasteiger partial charge >= 0.3 is 12.0 Å². The number of rotatable bonds is 4. The van der Waals surface area contributed by atoms with Gasteiger partial charge in [0.25, 0.3) is 0 Å². The molecule has 0 atom stereocenters. The van der Waals surface area contributed by atoms with Crippen LogP contribution in [-0.4, -0.2) is 28.6 Å². The number of hydrogen-bond donors (Lipinski definition) is 3. The zero-order valence-corrected chi connectivity index (χ0v) is 8.86. The van der Waals surface area contributed by atoms with Crippen molar-refractivity contribution in [1.82, 2.24) is 10.3 Å². The number of amides is 2. The molecule has 1 heterocycles. The molecule has 1 aromatic heterocycles. The number of aromatic nitrogens is 1. The van der Waals surface area contributed by atoms with Crippen LogP contribution < -0.4 is 10.6 Å². The van der Waals surface area contributed by atoms with E-state index in [0.29, 0.717) is 12.2 Å². The highest BCUT2D eigenvalue weighted by atomic mass is 16.4. The Balaban J connectivity index is 2.55. The number of carbonyl (C=O) groups is 2. The highest BCUT2D eigenvalue weighted by Gasteiger charge is 2.05. The topological polar surface area (TPSA) is 91.3 Å². The average Bonchev–Trinajstić information content (AvgIpc) is 2.27. The lowest BCUT2D eigenvalue weighted by Crippen LogP contribution is -2.29. The van der Waals surface area contributed by atoms with Crippen molar-refractivity contribution in [2.24, 2.45) is 0 Å². The molecule has 0 aliphatic carbocycles. The number of nitrogens with one attached hydrogen (secondary N) is 2. The minimum atomic E-state index is -1.10. The molecule has 0 saturated carbocycles. The molecule has 0 unspecified atom stereocenters. The fraction of sp³-hybridized carbons (Fsp3) is 0.300. The normalized spacial score (nSPS) is 9.56. The standard InChI is InChI=1S/C10H13N3O3/c1-2-5-11-10(16)13-7-3-4-8(9(14)15)12-6-7/h3-4,6H,2,5H2,1H3,(H,14,15)(H2,11,13,16). The summed E-state index contributed by atoms with van der Waals surface area (Å²) in [6.45, 7) is 2.54. The van der Waals surface area contributed by atoms with Gasteiger partial charge in [-0.3, -0.25) is 0 Å². The lowest BCUT2D eigenvalue weighted by molar-refractivity contribution is 0.0690. The fourth-order valence-electron chi connectivity index (χ4n) is 1.01. The predicted octanol–water partition coefficient (Wildman–Crippen LogP) is 1.31. The molecule has 1 rings (SSSR count). The smallest absolute Gasteiger partial charge is 0.354 e. The molecule has 16 heavy (non-hydrogen) atoms. The van der Waals surface area contributed by atoms with Crippen LogP contribution in [0.2, 0.25) is 0 Å². The summed E-state index contributed by atoms with van der Waals surface area (Å²) in [4.78, 5) is 25.4. The highest BCUT2D eigenvalue weighted by Crippen LogP contribution is 2.05. The van der Waals surface area contributed by atoms with Crippen LogP contribution in [0.4, 0.5) is 10.5 Å². The Morgan fingerprint density at radius 3 is 2.69 bits per heavy atom. The van der Waals surface area contributed by atoms with E-state index in [1.807, 2.05) is 6.92 Å². The van der Waals surface area contributed by atoms with Crippen molar-refractivity contribution in [3.8, 4) is 0 Å². The van der Waals surface area contributed by atoms with E-state index in [2.05, 4.69) is 15.6 Å². The van der Waals surface area contributed by atoms with Crippen LogP contribution in [-0.2, 0) is 0 Å². The zero-order chi connectivity index (χ0) is 12.0. The Bertz CT molecular complexity index is 375. The first-order chi connectivity index (χ1) is 7.63. The second kappa shape index (κ2) is 5.69. The Labute approximate surface area is 92.7 Å². The summed E-state index contributed by atoms with van der Waals surface area (Å²) in [7, 11) is 0. The number of carbonyl (C=O) groups excluding carboxylic acids is 1. The summed E-state index contributed by atoms with van der Waals surface area (Å²) in [5, 5.41) is 13.8. The van der Waals surface area contributed by atoms with Crippen LogP contribution in [0.15, 0.2) is 18.3 Å². The maximum absolute atomic E-state index is 11.2. The molecular formula is C10H13N3O3. The van der Waals surface area contributed by atoms with E-state index in [-0.39, 0.29) is 11.7 Å². The third-order valence-corrected chi connectivity index (χ3v) is 1.78. The predicted molar refractivity (Wildman–Crippen MR) is 58.5 cm³/mol. The quantitative estimate of drug-likeness (QED) is 0.717. The summed E-state index contributed by atoms with van der Waals surface area (Å²) in [5.41, 5.74) is 0.401. The largest absolute Gasteiger partial charge is 0.477 e. The molecule has 0 spiro atoms. The van der Waals surface area contributed by atoms with E-state index in [1.165, 1.54) is 18.3 Å². The highest BCUT2D eigenvalue weighted by molar-refractivity contribution is 5.90. The van der Waals surface area contributed by atoms with Crippen molar-refractivity contribution in [3.05, 3.63) is 24.0 Å². The summed E-state index contributed by atoms with van der Waals surface area (Å²) >= 11 is 0. The molecule has 2 amide bonds. The number of aromatic carboxylic acids is 1. The van der Waals surface area contributed by atoms with Gasteiger partial charge in [0.05, 0.1) is 11.9 Å². The van der Waals surface area contributed by atoms with Gasteiger partial charge in [-0.15, -0.1) is 0 Å². The second-order valence-corrected chi connectivity index (χ2v) is 3.12. The monoisotopic (exact) mass is 223 g/mol. The van der Waals surface area contributed by atoms with Crippen molar-refractivity contribution >= 4 is 17.7 Å². The summed E-state index contributed by atoms with van der Waals surface area (Å²) in [6.07, 6.45) is 2.15. The third-order valence-electron chi connectivity index (χ3n) is 1.78. The maximum atomic E-state index is 11.2. The lowest BCUT2D eigenvalue weighted by atomic mass is 10.3. The summed E-state index contributed by atoms with van der Waals surface area (Å²) in [6, 6.07) is 2.49. The Morgan fingerprint density at radius 1 is 1.44 bits per heavy atom. The Morgan fingerprint density at radius 2 is 2.19 bits per heavy atom. The van der Waals surface area contributed by atoms with Gasteiger partial charge in [-0.1, -0.05) is 6.92 Å². The van der Waals surface area contributed by atoms with Crippen LogP contribution in [0.1, 0.15) is 23.8 Å². The summed E-state index contributed by atoms with van der Waals surface area (Å²) < 4.78 is 0. The van der Waals surface area contributed by atoms with E-state index >= 15 is 0 Å². The van der Waals surface area contributed by atoms with Gasteiger partial charge in [0, 0.05) is 6.54 Å². The van der Waals surface area contributed by atoms with E-state index < -0.39 is 5.97 Å². The van der Waals surface area contributed by atoms with Crippen LogP contribution >= 0.6 is 0 Å². The van der Waals surface area contributed by atoms with Crippen LogP contribution in [0.3, 0.4) is 0 Å². The van der Waals surface area contributed by atoms with Crippen LogP contribution in [0, 0.1) is 0 Å². The number of nitrogens with zero attached hydrogens (tertiary/aromatic N) is 1. The molecule has 86 valence electrons. The van der Waals surface area contributed by atoms with Gasteiger partial charge in [0.2, 0.25) is 0 Å². The number of carboxylic acid groups (broad SMARTS) is 1. The maximum Gasteiger partial charge on any atom is 0.354 e. The van der Waals surface area contributed by atoms with Crippen LogP contribution in [0.25, 0.3) is 0 Å². The van der Waals surface area contributed by atoms with Crippen molar-refractivity contribution in [2.45, 2.75) is 13.3 Å². The molecule has 0 radical (unpaired) electrons. The summed E-state index contributed by atoms with van der Waals surface area (Å²) in [5.74, 6) is -1.10. The molecular weight excluding hydrogens is 210 g/mol. The number of anilines is 1. The Hall–Kier alpha value is -2.11. The number of hydrogen-bond acceptors (Lipinski definition) is 3. The molecule has 6 heteroatoms. The SMILES string of the molecule is CCCNC(=O)Nc1ccc(C(=O)O)nc1. The minimum absolute atomic E-state index is 0.0560. The molecule has 0 aromatic carbocycles. The first-order valence-electron chi connectivity index (χ1n) is 4.87. The van der Waals surface area contributed by atoms with E-state index in [0.717, 1.165) is 6.42 Å². The third kappa shape index (κ3) is 3.56. The molecule has 0 saturated heterocycles. The molecule has 0 aliphatic heterocycles. The van der Waals surface area contributed by atoms with Crippen LogP contribution in [0.5, 0.6) is 0 Å². The van der Waals surface area contributed by atoms with Crippen molar-refractivity contribution in [3.63, 3.8) is 0 Å². The zero-order valence-electron chi connectivity index (χ0n) is 8.86. The molecule has 0 fully saturated rings. The Kier molecular flexibility index (Phi) is 4.26. The van der Waals surface area contributed by atoms with Gasteiger partial charge < -0.3 is 15.7 Å². The van der Waals surface area contributed by atoms with E-state index in [1.54, 1.807) is 0 Å². The average molecular weight is 223 g/mol. The fourth-order valence-corrected chi connectivity index (χ4v) is 1.01. The number of pyridine rings is 1. The molecule has 0 aliphatic rings. The van der Waals surface area contributed by atoms with Gasteiger partial charge in [-0.05, 0) is 18.6 Å². The molecule has 1 aromatic rings. The van der Waals surface area contributed by atoms with Gasteiger partial charge in [-0.25, -0.2) is 14.6 Å². The van der Waals surface area contributed by atoms with E-state index in [4.69, 9.17) is 5.11 Å². The number of carboxylic acids is 1. The first-order valence-corrected chi connectivity index (χ1v) is 4.87. The van der Waals surface area contributed by atoms with Gasteiger partial charge in [0.15, 0.2) is 0 Å². The van der Waals surface area contributed by atoms with Crippen molar-refractivity contribution in [2.75, 3.05) is 11.9 Å². The number of urea groups is 1.